The Kier molecular flexibility index (Phi) is 6.66. The van der Waals surface area contributed by atoms with Crippen molar-refractivity contribution in [2.45, 2.75) is 19.4 Å². The van der Waals surface area contributed by atoms with Crippen LogP contribution in [-0.2, 0) is 24.8 Å². The number of aryl methyl sites for hydroxylation is 1. The van der Waals surface area contributed by atoms with Crippen LogP contribution >= 0.6 is 0 Å². The van der Waals surface area contributed by atoms with Crippen LogP contribution in [0.25, 0.3) is 0 Å². The Morgan fingerprint density at radius 3 is 2.88 bits per heavy atom. The van der Waals surface area contributed by atoms with E-state index in [-0.39, 0.29) is 0 Å². The van der Waals surface area contributed by atoms with Gasteiger partial charge in [-0.3, -0.25) is 9.67 Å². The topological polar surface area (TPSA) is 54.7 Å². The Morgan fingerprint density at radius 1 is 1.31 bits per heavy atom. The maximum absolute atomic E-state index is 5.73. The number of rotatable bonds is 7. The van der Waals surface area contributed by atoms with Crippen LogP contribution in [0, 0.1) is 5.92 Å². The minimum absolute atomic E-state index is 0.651. The predicted molar refractivity (Wildman–Crippen MR) is 104 cm³/mol. The zero-order chi connectivity index (χ0) is 18.2. The second-order valence-electron chi connectivity index (χ2n) is 6.84. The van der Waals surface area contributed by atoms with E-state index in [1.807, 2.05) is 43.2 Å². The van der Waals surface area contributed by atoms with E-state index in [2.05, 4.69) is 38.6 Å². The van der Waals surface area contributed by atoms with E-state index in [9.17, 15) is 0 Å². The number of aromatic nitrogens is 2. The maximum atomic E-state index is 5.73. The van der Waals surface area contributed by atoms with Crippen molar-refractivity contribution in [1.29, 1.82) is 0 Å². The summed E-state index contributed by atoms with van der Waals surface area (Å²) in [5, 5.41) is 7.68. The van der Waals surface area contributed by atoms with Crippen molar-refractivity contribution < 1.29 is 4.74 Å². The van der Waals surface area contributed by atoms with Gasteiger partial charge in [0, 0.05) is 39.9 Å². The van der Waals surface area contributed by atoms with Crippen LogP contribution in [0.2, 0.25) is 0 Å². The van der Waals surface area contributed by atoms with Crippen molar-refractivity contribution >= 4 is 5.96 Å². The first-order valence-corrected chi connectivity index (χ1v) is 9.29. The number of hydrogen-bond acceptors (Lipinski definition) is 3. The molecule has 1 aliphatic rings. The van der Waals surface area contributed by atoms with E-state index < -0.39 is 0 Å². The van der Waals surface area contributed by atoms with Gasteiger partial charge in [0.25, 0.3) is 0 Å². The molecule has 6 heteroatoms. The highest BCUT2D eigenvalue weighted by Crippen LogP contribution is 2.20. The summed E-state index contributed by atoms with van der Waals surface area (Å²) >= 11 is 0. The van der Waals surface area contributed by atoms with E-state index in [1.165, 1.54) is 17.5 Å². The highest BCUT2D eigenvalue weighted by molar-refractivity contribution is 5.80. The largest absolute Gasteiger partial charge is 0.375 e. The van der Waals surface area contributed by atoms with Gasteiger partial charge in [-0.1, -0.05) is 30.3 Å². The van der Waals surface area contributed by atoms with Crippen LogP contribution in [0.3, 0.4) is 0 Å². The summed E-state index contributed by atoms with van der Waals surface area (Å²) in [6, 6.07) is 10.3. The lowest BCUT2D eigenvalue weighted by Gasteiger charge is -2.21. The third kappa shape index (κ3) is 5.33. The maximum Gasteiger partial charge on any atom is 0.193 e. The van der Waals surface area contributed by atoms with Crippen LogP contribution in [0.5, 0.6) is 0 Å². The molecule has 0 radical (unpaired) electrons. The van der Waals surface area contributed by atoms with Crippen molar-refractivity contribution in [3.05, 3.63) is 53.9 Å². The molecule has 0 spiro atoms. The van der Waals surface area contributed by atoms with Crippen LogP contribution in [-0.4, -0.2) is 53.9 Å². The number of ether oxygens (including phenoxy) is 1. The van der Waals surface area contributed by atoms with Crippen LogP contribution in [0.15, 0.2) is 47.7 Å². The number of guanidine groups is 1. The molecule has 3 rings (SSSR count). The first-order chi connectivity index (χ1) is 12.7. The van der Waals surface area contributed by atoms with Gasteiger partial charge in [0.1, 0.15) is 0 Å². The van der Waals surface area contributed by atoms with Gasteiger partial charge in [0.2, 0.25) is 0 Å². The molecular formula is C20H29N5O. The Labute approximate surface area is 155 Å². The molecule has 2 aromatic rings. The van der Waals surface area contributed by atoms with Crippen molar-refractivity contribution in [3.63, 3.8) is 0 Å². The fourth-order valence-corrected chi connectivity index (χ4v) is 3.43. The molecule has 1 saturated heterocycles. The Balaban J connectivity index is 1.36. The van der Waals surface area contributed by atoms with Gasteiger partial charge in [-0.05, 0) is 29.9 Å². The molecule has 1 fully saturated rings. The Morgan fingerprint density at radius 2 is 2.15 bits per heavy atom. The van der Waals surface area contributed by atoms with Crippen LogP contribution in [0.1, 0.15) is 17.5 Å². The SMILES string of the molecule is CN=C(NCCOCc1ccccc1)N1CCC(Cc2cnn(C)c2)C1. The summed E-state index contributed by atoms with van der Waals surface area (Å²) in [6.45, 7) is 4.18. The Hall–Kier alpha value is -2.34. The lowest BCUT2D eigenvalue weighted by Crippen LogP contribution is -2.41. The van der Waals surface area contributed by atoms with Gasteiger partial charge in [0.15, 0.2) is 5.96 Å². The summed E-state index contributed by atoms with van der Waals surface area (Å²) in [5.74, 6) is 1.63. The fourth-order valence-electron chi connectivity index (χ4n) is 3.43. The molecule has 2 heterocycles. The smallest absolute Gasteiger partial charge is 0.193 e. The van der Waals surface area contributed by atoms with Gasteiger partial charge in [-0.25, -0.2) is 0 Å². The average molecular weight is 355 g/mol. The zero-order valence-corrected chi connectivity index (χ0v) is 15.8. The molecule has 0 aliphatic carbocycles. The second-order valence-corrected chi connectivity index (χ2v) is 6.84. The molecule has 0 bridgehead atoms. The highest BCUT2D eigenvalue weighted by atomic mass is 16.5. The highest BCUT2D eigenvalue weighted by Gasteiger charge is 2.25. The van der Waals surface area contributed by atoms with E-state index in [0.29, 0.717) is 19.1 Å². The molecule has 1 aliphatic heterocycles. The van der Waals surface area contributed by atoms with E-state index in [4.69, 9.17) is 4.74 Å². The summed E-state index contributed by atoms with van der Waals surface area (Å²) in [7, 11) is 3.82. The lowest BCUT2D eigenvalue weighted by atomic mass is 10.0. The first-order valence-electron chi connectivity index (χ1n) is 9.29. The number of nitrogens with zero attached hydrogens (tertiary/aromatic N) is 4. The predicted octanol–water partition coefficient (Wildman–Crippen LogP) is 2.08. The molecule has 1 aromatic heterocycles. The monoisotopic (exact) mass is 355 g/mol. The van der Waals surface area contributed by atoms with Crippen molar-refractivity contribution in [1.82, 2.24) is 20.0 Å². The molecule has 140 valence electrons. The third-order valence-electron chi connectivity index (χ3n) is 4.72. The average Bonchev–Trinajstić information content (AvgIpc) is 3.28. The van der Waals surface area contributed by atoms with Crippen molar-refractivity contribution in [2.24, 2.45) is 18.0 Å². The molecule has 26 heavy (non-hydrogen) atoms. The second kappa shape index (κ2) is 9.38. The number of nitrogens with one attached hydrogen (secondary N) is 1. The standard InChI is InChI=1S/C20H29N5O/c1-21-20(22-9-11-26-16-17-6-4-3-5-7-17)25-10-8-18(15-25)12-19-13-23-24(2)14-19/h3-7,13-14,18H,8-12,15-16H2,1-2H3,(H,21,22). The zero-order valence-electron chi connectivity index (χ0n) is 15.8. The third-order valence-corrected chi connectivity index (χ3v) is 4.72. The molecule has 1 unspecified atom stereocenters. The van der Waals surface area contributed by atoms with Gasteiger partial charge in [-0.2, -0.15) is 5.10 Å². The van der Waals surface area contributed by atoms with Crippen LogP contribution < -0.4 is 5.32 Å². The molecule has 1 N–H and O–H groups in total. The van der Waals surface area contributed by atoms with Gasteiger partial charge >= 0.3 is 0 Å². The van der Waals surface area contributed by atoms with E-state index in [0.717, 1.165) is 32.0 Å². The summed E-state index contributed by atoms with van der Waals surface area (Å²) in [4.78, 5) is 6.78. The molecule has 1 aromatic carbocycles. The van der Waals surface area contributed by atoms with Gasteiger partial charge < -0.3 is 15.0 Å². The molecular weight excluding hydrogens is 326 g/mol. The summed E-state index contributed by atoms with van der Waals surface area (Å²) in [6.07, 6.45) is 6.36. The lowest BCUT2D eigenvalue weighted by molar-refractivity contribution is 0.125. The molecule has 6 nitrogen and oxygen atoms in total. The molecule has 0 saturated carbocycles. The number of benzene rings is 1. The van der Waals surface area contributed by atoms with E-state index in [1.54, 1.807) is 0 Å². The molecule has 1 atom stereocenters. The normalized spacial score (nSPS) is 17.7. The molecule has 0 amide bonds. The number of aliphatic imine (C=N–C) groups is 1. The van der Waals surface area contributed by atoms with Crippen LogP contribution in [0.4, 0.5) is 0 Å². The van der Waals surface area contributed by atoms with Crippen molar-refractivity contribution in [2.75, 3.05) is 33.3 Å². The van der Waals surface area contributed by atoms with Gasteiger partial charge in [-0.15, -0.1) is 0 Å². The summed E-state index contributed by atoms with van der Waals surface area (Å²) in [5.41, 5.74) is 2.52. The number of hydrogen-bond donors (Lipinski definition) is 1. The Bertz CT molecular complexity index is 697. The number of likely N-dealkylation sites (tertiary alicyclic amines) is 1. The fraction of sp³-hybridized carbons (Fsp3) is 0.500. The first kappa shape index (κ1) is 18.5. The van der Waals surface area contributed by atoms with Crippen molar-refractivity contribution in [3.8, 4) is 0 Å². The van der Waals surface area contributed by atoms with E-state index >= 15 is 0 Å². The minimum atomic E-state index is 0.651. The quantitative estimate of drug-likeness (QED) is 0.469. The minimum Gasteiger partial charge on any atom is -0.375 e. The van der Waals surface area contributed by atoms with Gasteiger partial charge in [0.05, 0.1) is 19.4 Å². The summed E-state index contributed by atoms with van der Waals surface area (Å²) < 4.78 is 7.61.